The Morgan fingerprint density at radius 1 is 1.17 bits per heavy atom. The zero-order valence-corrected chi connectivity index (χ0v) is 11.6. The van der Waals surface area contributed by atoms with Crippen LogP contribution in [0.5, 0.6) is 0 Å². The molecule has 1 aromatic heterocycles. The Bertz CT molecular complexity index is 404. The van der Waals surface area contributed by atoms with Crippen molar-refractivity contribution in [3.63, 3.8) is 0 Å². The van der Waals surface area contributed by atoms with Crippen LogP contribution in [0.3, 0.4) is 0 Å². The van der Waals surface area contributed by atoms with E-state index in [2.05, 4.69) is 33.6 Å². The van der Waals surface area contributed by atoms with Crippen molar-refractivity contribution in [1.82, 2.24) is 19.7 Å². The Morgan fingerprint density at radius 3 is 2.72 bits per heavy atom. The van der Waals surface area contributed by atoms with Gasteiger partial charge in [0.1, 0.15) is 11.6 Å². The molecule has 1 aromatic rings. The van der Waals surface area contributed by atoms with Crippen LogP contribution in [0.25, 0.3) is 0 Å². The molecule has 100 valence electrons. The summed E-state index contributed by atoms with van der Waals surface area (Å²) in [6.45, 7) is 4.78. The lowest BCUT2D eigenvalue weighted by atomic mass is 9.93. The van der Waals surface area contributed by atoms with Crippen LogP contribution < -0.4 is 0 Å². The third-order valence-electron chi connectivity index (χ3n) is 4.61. The summed E-state index contributed by atoms with van der Waals surface area (Å²) in [4.78, 5) is 2.43. The number of rotatable bonds is 2. The maximum atomic E-state index is 4.46. The maximum Gasteiger partial charge on any atom is 0.133 e. The Morgan fingerprint density at radius 2 is 1.94 bits per heavy atom. The lowest BCUT2D eigenvalue weighted by molar-refractivity contribution is 0.215. The Hall–Kier alpha value is -0.900. The average Bonchev–Trinajstić information content (AvgIpc) is 2.77. The highest BCUT2D eigenvalue weighted by Crippen LogP contribution is 2.27. The molecule has 4 heteroatoms. The van der Waals surface area contributed by atoms with Crippen molar-refractivity contribution in [2.75, 3.05) is 20.1 Å². The number of aryl methyl sites for hydroxylation is 1. The highest BCUT2D eigenvalue weighted by molar-refractivity contribution is 5.03. The van der Waals surface area contributed by atoms with Crippen LogP contribution >= 0.6 is 0 Å². The van der Waals surface area contributed by atoms with E-state index in [1.807, 2.05) is 0 Å². The SMILES string of the molecule is CC1CCCc2nnc(CC3CCN(C)CC3)n21. The first-order valence-electron chi connectivity index (χ1n) is 7.35. The number of fused-ring (bicyclic) bond motifs is 1. The molecule has 18 heavy (non-hydrogen) atoms. The van der Waals surface area contributed by atoms with Crippen molar-refractivity contribution < 1.29 is 0 Å². The largest absolute Gasteiger partial charge is 0.312 e. The summed E-state index contributed by atoms with van der Waals surface area (Å²) in [5, 5.41) is 8.85. The van der Waals surface area contributed by atoms with Crippen LogP contribution in [0, 0.1) is 5.92 Å². The molecule has 0 aromatic carbocycles. The van der Waals surface area contributed by atoms with Gasteiger partial charge in [-0.3, -0.25) is 0 Å². The predicted octanol–water partition coefficient (Wildman–Crippen LogP) is 2.06. The zero-order valence-electron chi connectivity index (χ0n) is 11.6. The third-order valence-corrected chi connectivity index (χ3v) is 4.61. The summed E-state index contributed by atoms with van der Waals surface area (Å²) in [7, 11) is 2.22. The Balaban J connectivity index is 1.71. The quantitative estimate of drug-likeness (QED) is 0.803. The topological polar surface area (TPSA) is 34.0 Å². The minimum absolute atomic E-state index is 0.602. The van der Waals surface area contributed by atoms with Gasteiger partial charge in [-0.2, -0.15) is 0 Å². The monoisotopic (exact) mass is 248 g/mol. The van der Waals surface area contributed by atoms with Gasteiger partial charge < -0.3 is 9.47 Å². The van der Waals surface area contributed by atoms with Crippen molar-refractivity contribution in [3.05, 3.63) is 11.6 Å². The van der Waals surface area contributed by atoms with E-state index in [0.717, 1.165) is 18.8 Å². The third kappa shape index (κ3) is 2.30. The van der Waals surface area contributed by atoms with E-state index >= 15 is 0 Å². The van der Waals surface area contributed by atoms with Crippen molar-refractivity contribution in [2.45, 2.75) is 51.5 Å². The van der Waals surface area contributed by atoms with Crippen LogP contribution in [0.1, 0.15) is 50.3 Å². The lowest BCUT2D eigenvalue weighted by Crippen LogP contribution is -2.31. The van der Waals surface area contributed by atoms with Gasteiger partial charge in [0.25, 0.3) is 0 Å². The van der Waals surface area contributed by atoms with E-state index in [0.29, 0.717) is 6.04 Å². The molecule has 4 nitrogen and oxygen atoms in total. The van der Waals surface area contributed by atoms with Gasteiger partial charge in [0.2, 0.25) is 0 Å². The first kappa shape index (κ1) is 12.2. The fourth-order valence-corrected chi connectivity index (χ4v) is 3.39. The standard InChI is InChI=1S/C14H24N4/c1-11-4-3-5-13-15-16-14(18(11)13)10-12-6-8-17(2)9-7-12/h11-12H,3-10H2,1-2H3. The molecular formula is C14H24N4. The lowest BCUT2D eigenvalue weighted by Gasteiger charge is -2.29. The molecule has 0 N–H and O–H groups in total. The molecule has 2 aliphatic heterocycles. The Kier molecular flexibility index (Phi) is 3.37. The minimum Gasteiger partial charge on any atom is -0.312 e. The minimum atomic E-state index is 0.602. The maximum absolute atomic E-state index is 4.46. The van der Waals surface area contributed by atoms with Gasteiger partial charge in [0.05, 0.1) is 0 Å². The second-order valence-electron chi connectivity index (χ2n) is 6.09. The van der Waals surface area contributed by atoms with Crippen LogP contribution in [0.2, 0.25) is 0 Å². The summed E-state index contributed by atoms with van der Waals surface area (Å²) >= 11 is 0. The Labute approximate surface area is 109 Å². The second kappa shape index (κ2) is 5.00. The zero-order chi connectivity index (χ0) is 12.5. The number of aromatic nitrogens is 3. The van der Waals surface area contributed by atoms with Crippen LogP contribution in [0.15, 0.2) is 0 Å². The molecule has 0 bridgehead atoms. The van der Waals surface area contributed by atoms with Crippen molar-refractivity contribution in [2.24, 2.45) is 5.92 Å². The highest BCUT2D eigenvalue weighted by atomic mass is 15.3. The van der Waals surface area contributed by atoms with E-state index in [1.54, 1.807) is 0 Å². The number of likely N-dealkylation sites (tertiary alicyclic amines) is 1. The molecule has 0 saturated carbocycles. The number of nitrogens with zero attached hydrogens (tertiary/aromatic N) is 4. The van der Waals surface area contributed by atoms with Crippen molar-refractivity contribution in [3.8, 4) is 0 Å². The molecule has 1 atom stereocenters. The fourth-order valence-electron chi connectivity index (χ4n) is 3.39. The van der Waals surface area contributed by atoms with Gasteiger partial charge in [-0.25, -0.2) is 0 Å². The molecule has 3 heterocycles. The molecule has 1 fully saturated rings. The van der Waals surface area contributed by atoms with E-state index in [4.69, 9.17) is 0 Å². The van der Waals surface area contributed by atoms with Gasteiger partial charge in [-0.05, 0) is 58.7 Å². The average molecular weight is 248 g/mol. The molecule has 2 aliphatic rings. The van der Waals surface area contributed by atoms with E-state index in [9.17, 15) is 0 Å². The van der Waals surface area contributed by atoms with Gasteiger partial charge in [-0.1, -0.05) is 0 Å². The van der Waals surface area contributed by atoms with Crippen LogP contribution in [-0.4, -0.2) is 39.8 Å². The smallest absolute Gasteiger partial charge is 0.133 e. The van der Waals surface area contributed by atoms with Gasteiger partial charge in [0, 0.05) is 18.9 Å². The summed E-state index contributed by atoms with van der Waals surface area (Å²) < 4.78 is 2.42. The first-order chi connectivity index (χ1) is 8.74. The molecule has 0 amide bonds. The van der Waals surface area contributed by atoms with Gasteiger partial charge in [0.15, 0.2) is 0 Å². The van der Waals surface area contributed by atoms with E-state index in [1.165, 1.54) is 50.4 Å². The molecule has 0 spiro atoms. The molecular weight excluding hydrogens is 224 g/mol. The molecule has 1 unspecified atom stereocenters. The summed E-state index contributed by atoms with van der Waals surface area (Å²) in [6, 6.07) is 0.602. The fraction of sp³-hybridized carbons (Fsp3) is 0.857. The molecule has 1 saturated heterocycles. The predicted molar refractivity (Wildman–Crippen MR) is 71.6 cm³/mol. The van der Waals surface area contributed by atoms with E-state index in [-0.39, 0.29) is 0 Å². The van der Waals surface area contributed by atoms with Crippen molar-refractivity contribution >= 4 is 0 Å². The molecule has 0 aliphatic carbocycles. The molecule has 0 radical (unpaired) electrons. The first-order valence-corrected chi connectivity index (χ1v) is 7.35. The van der Waals surface area contributed by atoms with Crippen LogP contribution in [0.4, 0.5) is 0 Å². The van der Waals surface area contributed by atoms with Gasteiger partial charge >= 0.3 is 0 Å². The highest BCUT2D eigenvalue weighted by Gasteiger charge is 2.24. The van der Waals surface area contributed by atoms with Crippen LogP contribution in [-0.2, 0) is 12.8 Å². The van der Waals surface area contributed by atoms with Crippen molar-refractivity contribution in [1.29, 1.82) is 0 Å². The summed E-state index contributed by atoms with van der Waals surface area (Å²) in [5.41, 5.74) is 0. The second-order valence-corrected chi connectivity index (χ2v) is 6.09. The summed E-state index contributed by atoms with van der Waals surface area (Å²) in [5.74, 6) is 3.27. The van der Waals surface area contributed by atoms with E-state index < -0.39 is 0 Å². The summed E-state index contributed by atoms with van der Waals surface area (Å²) in [6.07, 6.45) is 7.43. The number of piperidine rings is 1. The normalized spacial score (nSPS) is 26.2. The number of hydrogen-bond donors (Lipinski definition) is 0. The molecule has 3 rings (SSSR count). The van der Waals surface area contributed by atoms with Gasteiger partial charge in [-0.15, -0.1) is 10.2 Å². The number of hydrogen-bond acceptors (Lipinski definition) is 3.